The topological polar surface area (TPSA) is 74.1 Å². The summed E-state index contributed by atoms with van der Waals surface area (Å²) in [7, 11) is 0. The summed E-state index contributed by atoms with van der Waals surface area (Å²) in [6, 6.07) is 16.6. The molecule has 7 heteroatoms. The Labute approximate surface area is 174 Å². The van der Waals surface area contributed by atoms with E-state index >= 15 is 0 Å². The number of nitrogens with zero attached hydrogens (tertiary/aromatic N) is 3. The van der Waals surface area contributed by atoms with Crippen molar-refractivity contribution in [2.24, 2.45) is 9.98 Å². The largest absolute Gasteiger partial charge is 0.325 e. The number of para-hydroxylation sites is 2. The van der Waals surface area contributed by atoms with Gasteiger partial charge in [0, 0.05) is 11.3 Å². The van der Waals surface area contributed by atoms with Crippen molar-refractivity contribution < 1.29 is 9.59 Å². The molecule has 4 rings (SSSR count). The Balaban J connectivity index is 1.59. The lowest BCUT2D eigenvalue weighted by Crippen LogP contribution is -2.42. The second kappa shape index (κ2) is 8.21. The first kappa shape index (κ1) is 19.4. The van der Waals surface area contributed by atoms with Gasteiger partial charge in [-0.15, -0.1) is 0 Å². The van der Waals surface area contributed by atoms with Crippen molar-refractivity contribution in [3.8, 4) is 0 Å². The van der Waals surface area contributed by atoms with Gasteiger partial charge in [0.25, 0.3) is 5.91 Å². The van der Waals surface area contributed by atoms with Crippen molar-refractivity contribution in [1.82, 2.24) is 4.90 Å². The third-order valence-electron chi connectivity index (χ3n) is 4.80. The van der Waals surface area contributed by atoms with E-state index in [1.165, 1.54) is 11.8 Å². The average Bonchev–Trinajstić information content (AvgIpc) is 3.06. The number of nitrogens with one attached hydrogen (secondary N) is 1. The van der Waals surface area contributed by atoms with Crippen molar-refractivity contribution >= 4 is 46.0 Å². The summed E-state index contributed by atoms with van der Waals surface area (Å²) in [4.78, 5) is 36.6. The van der Waals surface area contributed by atoms with E-state index in [1.807, 2.05) is 68.4 Å². The molecular formula is C22H22N4O2S. The fraction of sp³-hybridized carbons (Fsp3) is 0.273. The molecule has 2 amide bonds. The highest BCUT2D eigenvalue weighted by molar-refractivity contribution is 8.15. The SMILES string of the molecule is CCC[C@H]1N=C2c3ccccc3N=C(S[C@H](C)C(=O)Nc3ccccc3)N2C1=O. The highest BCUT2D eigenvalue weighted by atomic mass is 32.2. The Morgan fingerprint density at radius 3 is 2.66 bits per heavy atom. The molecule has 0 aliphatic carbocycles. The van der Waals surface area contributed by atoms with Crippen LogP contribution in [0, 0.1) is 0 Å². The van der Waals surface area contributed by atoms with Gasteiger partial charge in [-0.1, -0.05) is 55.4 Å². The normalized spacial score (nSPS) is 18.5. The number of hydrogen-bond acceptors (Lipinski definition) is 5. The number of aliphatic imine (C=N–C) groups is 2. The minimum absolute atomic E-state index is 0.0710. The highest BCUT2D eigenvalue weighted by Gasteiger charge is 2.41. The number of hydrogen-bond donors (Lipinski definition) is 1. The van der Waals surface area contributed by atoms with Crippen molar-refractivity contribution in [2.45, 2.75) is 38.0 Å². The molecular weight excluding hydrogens is 384 g/mol. The van der Waals surface area contributed by atoms with Crippen molar-refractivity contribution in [3.63, 3.8) is 0 Å². The second-order valence-electron chi connectivity index (χ2n) is 6.96. The van der Waals surface area contributed by atoms with E-state index < -0.39 is 5.25 Å². The maximum absolute atomic E-state index is 13.0. The minimum atomic E-state index is -0.432. The van der Waals surface area contributed by atoms with E-state index in [9.17, 15) is 9.59 Å². The van der Waals surface area contributed by atoms with Gasteiger partial charge in [0.2, 0.25) is 5.91 Å². The number of amidine groups is 2. The number of rotatable bonds is 5. The predicted octanol–water partition coefficient (Wildman–Crippen LogP) is 4.21. The molecule has 2 aliphatic heterocycles. The molecule has 0 saturated heterocycles. The van der Waals surface area contributed by atoms with Crippen LogP contribution >= 0.6 is 11.8 Å². The zero-order valence-corrected chi connectivity index (χ0v) is 17.1. The van der Waals surface area contributed by atoms with Gasteiger partial charge in [-0.05, 0) is 37.6 Å². The average molecular weight is 407 g/mol. The van der Waals surface area contributed by atoms with E-state index in [0.29, 0.717) is 17.4 Å². The first-order valence-electron chi connectivity index (χ1n) is 9.71. The van der Waals surface area contributed by atoms with Gasteiger partial charge in [-0.25, -0.2) is 9.89 Å². The summed E-state index contributed by atoms with van der Waals surface area (Å²) in [6.45, 7) is 3.85. The lowest BCUT2D eigenvalue weighted by atomic mass is 10.1. The van der Waals surface area contributed by atoms with Crippen LogP contribution in [0.3, 0.4) is 0 Å². The summed E-state index contributed by atoms with van der Waals surface area (Å²) >= 11 is 1.27. The fourth-order valence-electron chi connectivity index (χ4n) is 3.32. The maximum Gasteiger partial charge on any atom is 0.259 e. The molecule has 0 spiro atoms. The molecule has 29 heavy (non-hydrogen) atoms. The van der Waals surface area contributed by atoms with Crippen LogP contribution in [-0.4, -0.2) is 39.0 Å². The van der Waals surface area contributed by atoms with Crippen molar-refractivity contribution in [1.29, 1.82) is 0 Å². The quantitative estimate of drug-likeness (QED) is 0.808. The summed E-state index contributed by atoms with van der Waals surface area (Å²) < 4.78 is 0. The molecule has 0 fully saturated rings. The molecule has 6 nitrogen and oxygen atoms in total. The second-order valence-corrected chi connectivity index (χ2v) is 8.27. The molecule has 0 bridgehead atoms. The van der Waals surface area contributed by atoms with Crippen LogP contribution in [0.2, 0.25) is 0 Å². The van der Waals surface area contributed by atoms with Crippen LogP contribution < -0.4 is 5.32 Å². The first-order valence-corrected chi connectivity index (χ1v) is 10.6. The number of amides is 2. The Bertz CT molecular complexity index is 1000. The lowest BCUT2D eigenvalue weighted by molar-refractivity contribution is -0.124. The summed E-state index contributed by atoms with van der Waals surface area (Å²) in [5.41, 5.74) is 2.36. The van der Waals surface area contributed by atoms with Crippen molar-refractivity contribution in [2.75, 3.05) is 5.32 Å². The van der Waals surface area contributed by atoms with Crippen molar-refractivity contribution in [3.05, 3.63) is 60.2 Å². The third kappa shape index (κ3) is 3.82. The van der Waals surface area contributed by atoms with E-state index in [4.69, 9.17) is 4.99 Å². The van der Waals surface area contributed by atoms with Gasteiger partial charge in [-0.3, -0.25) is 14.6 Å². The zero-order valence-electron chi connectivity index (χ0n) is 16.3. The van der Waals surface area contributed by atoms with E-state index in [2.05, 4.69) is 10.3 Å². The number of carbonyl (C=O) groups is 2. The highest BCUT2D eigenvalue weighted by Crippen LogP contribution is 2.35. The molecule has 1 N–H and O–H groups in total. The zero-order chi connectivity index (χ0) is 20.4. The molecule has 0 radical (unpaired) electrons. The lowest BCUT2D eigenvalue weighted by Gasteiger charge is -2.26. The van der Waals surface area contributed by atoms with Crippen LogP contribution in [0.4, 0.5) is 11.4 Å². The summed E-state index contributed by atoms with van der Waals surface area (Å²) in [6.07, 6.45) is 1.57. The Morgan fingerprint density at radius 1 is 1.17 bits per heavy atom. The van der Waals surface area contributed by atoms with E-state index in [1.54, 1.807) is 4.90 Å². The molecule has 0 unspecified atom stereocenters. The number of fused-ring (bicyclic) bond motifs is 3. The molecule has 0 aromatic heterocycles. The summed E-state index contributed by atoms with van der Waals surface area (Å²) in [5, 5.41) is 2.97. The van der Waals surface area contributed by atoms with Crippen LogP contribution in [0.5, 0.6) is 0 Å². The number of carbonyl (C=O) groups excluding carboxylic acids is 2. The van der Waals surface area contributed by atoms with Gasteiger partial charge in [-0.2, -0.15) is 0 Å². The maximum atomic E-state index is 13.0. The predicted molar refractivity (Wildman–Crippen MR) is 118 cm³/mol. The van der Waals surface area contributed by atoms with E-state index in [0.717, 1.165) is 23.4 Å². The van der Waals surface area contributed by atoms with Gasteiger partial charge >= 0.3 is 0 Å². The van der Waals surface area contributed by atoms with Gasteiger partial charge < -0.3 is 5.32 Å². The van der Waals surface area contributed by atoms with Crippen LogP contribution in [0.25, 0.3) is 0 Å². The number of anilines is 1. The van der Waals surface area contributed by atoms with E-state index in [-0.39, 0.29) is 17.9 Å². The van der Waals surface area contributed by atoms with Gasteiger partial charge in [0.15, 0.2) is 5.17 Å². The Hall–Kier alpha value is -2.93. The Kier molecular flexibility index (Phi) is 5.49. The minimum Gasteiger partial charge on any atom is -0.325 e. The number of thioether (sulfide) groups is 1. The van der Waals surface area contributed by atoms with Crippen LogP contribution in [0.1, 0.15) is 32.3 Å². The molecule has 148 valence electrons. The third-order valence-corrected chi connectivity index (χ3v) is 5.85. The molecule has 2 aliphatic rings. The van der Waals surface area contributed by atoms with Gasteiger partial charge in [0.1, 0.15) is 11.9 Å². The fourth-order valence-corrected chi connectivity index (χ4v) is 4.23. The first-order chi connectivity index (χ1) is 14.1. The van der Waals surface area contributed by atoms with Crippen LogP contribution in [-0.2, 0) is 9.59 Å². The molecule has 2 aromatic carbocycles. The smallest absolute Gasteiger partial charge is 0.259 e. The monoisotopic (exact) mass is 406 g/mol. The molecule has 0 saturated carbocycles. The van der Waals surface area contributed by atoms with Gasteiger partial charge in [0.05, 0.1) is 10.9 Å². The summed E-state index contributed by atoms with van der Waals surface area (Å²) in [5.74, 6) is 0.425. The molecule has 2 atom stereocenters. The molecule has 2 heterocycles. The van der Waals surface area contributed by atoms with Crippen LogP contribution in [0.15, 0.2) is 64.6 Å². The molecule has 2 aromatic rings. The number of benzene rings is 2. The Morgan fingerprint density at radius 2 is 1.90 bits per heavy atom. The standard InChI is InChI=1S/C22H22N4O2S/c1-3-9-18-21(28)26-19(24-18)16-12-7-8-13-17(16)25-22(26)29-14(2)20(27)23-15-10-5-4-6-11-15/h4-8,10-14,18H,3,9H2,1-2H3,(H,23,27)/t14-,18-/m1/s1.